The lowest BCUT2D eigenvalue weighted by atomic mass is 10.1. The first-order valence-electron chi connectivity index (χ1n) is 6.56. The Kier molecular flexibility index (Phi) is 3.42. The fourth-order valence-corrected chi connectivity index (χ4v) is 2.42. The lowest BCUT2D eigenvalue weighted by molar-refractivity contribution is 0.112. The topological polar surface area (TPSA) is 42.4 Å². The maximum absolute atomic E-state index is 11.3. The van der Waals surface area contributed by atoms with Crippen LogP contribution in [-0.2, 0) is 4.74 Å². The monoisotopic (exact) mass is 256 g/mol. The van der Waals surface area contributed by atoms with Gasteiger partial charge in [0.2, 0.25) is 0 Å². The third kappa shape index (κ3) is 2.44. The van der Waals surface area contributed by atoms with Crippen molar-refractivity contribution in [2.45, 2.75) is 6.42 Å². The molecule has 0 unspecified atom stereocenters. The highest BCUT2D eigenvalue weighted by Gasteiger charge is 2.15. The SMILES string of the molecule is O=Cc1cc2ccccc2nc1N1CCCOCC1. The molecule has 0 aliphatic carbocycles. The van der Waals surface area contributed by atoms with Crippen LogP contribution in [0.1, 0.15) is 16.8 Å². The van der Waals surface area contributed by atoms with Crippen molar-refractivity contribution in [3.05, 3.63) is 35.9 Å². The number of carbonyl (C=O) groups excluding carboxylic acids is 1. The summed E-state index contributed by atoms with van der Waals surface area (Å²) in [6.45, 7) is 3.13. The van der Waals surface area contributed by atoms with Crippen molar-refractivity contribution >= 4 is 23.0 Å². The molecule has 0 bridgehead atoms. The highest BCUT2D eigenvalue weighted by atomic mass is 16.5. The Hall–Kier alpha value is -1.94. The average molecular weight is 256 g/mol. The van der Waals surface area contributed by atoms with E-state index in [-0.39, 0.29) is 0 Å². The van der Waals surface area contributed by atoms with E-state index in [9.17, 15) is 4.79 Å². The standard InChI is InChI=1S/C15H16N2O2/c18-11-13-10-12-4-1-2-5-14(12)16-15(13)17-6-3-8-19-9-7-17/h1-2,4-5,10-11H,3,6-9H2. The lowest BCUT2D eigenvalue weighted by Crippen LogP contribution is -2.28. The minimum Gasteiger partial charge on any atom is -0.380 e. The molecule has 2 aromatic rings. The summed E-state index contributed by atoms with van der Waals surface area (Å²) in [5, 5.41) is 0.999. The number of benzene rings is 1. The summed E-state index contributed by atoms with van der Waals surface area (Å²) in [6.07, 6.45) is 1.85. The molecule has 4 nitrogen and oxygen atoms in total. The minimum absolute atomic E-state index is 0.653. The van der Waals surface area contributed by atoms with Gasteiger partial charge in [-0.05, 0) is 18.6 Å². The lowest BCUT2D eigenvalue weighted by Gasteiger charge is -2.22. The minimum atomic E-state index is 0.653. The molecule has 0 radical (unpaired) electrons. The number of carbonyl (C=O) groups is 1. The van der Waals surface area contributed by atoms with Gasteiger partial charge in [-0.1, -0.05) is 18.2 Å². The van der Waals surface area contributed by atoms with Crippen LogP contribution in [0.25, 0.3) is 10.9 Å². The zero-order valence-corrected chi connectivity index (χ0v) is 10.7. The van der Waals surface area contributed by atoms with E-state index in [1.165, 1.54) is 0 Å². The summed E-state index contributed by atoms with van der Waals surface area (Å²) in [7, 11) is 0. The summed E-state index contributed by atoms with van der Waals surface area (Å²) in [4.78, 5) is 18.1. The van der Waals surface area contributed by atoms with Crippen LogP contribution >= 0.6 is 0 Å². The Morgan fingerprint density at radius 3 is 3.00 bits per heavy atom. The van der Waals surface area contributed by atoms with Gasteiger partial charge >= 0.3 is 0 Å². The summed E-state index contributed by atoms with van der Waals surface area (Å²) in [5.74, 6) is 0.777. The molecule has 1 aromatic heterocycles. The van der Waals surface area contributed by atoms with E-state index in [0.717, 1.165) is 49.1 Å². The van der Waals surface area contributed by atoms with E-state index in [1.807, 2.05) is 30.3 Å². The van der Waals surface area contributed by atoms with E-state index in [0.29, 0.717) is 12.2 Å². The van der Waals surface area contributed by atoms with E-state index < -0.39 is 0 Å². The quantitative estimate of drug-likeness (QED) is 0.773. The molecule has 1 aromatic carbocycles. The van der Waals surface area contributed by atoms with Crippen molar-refractivity contribution in [3.8, 4) is 0 Å². The van der Waals surface area contributed by atoms with Gasteiger partial charge in [0, 0.05) is 25.1 Å². The second-order valence-electron chi connectivity index (χ2n) is 4.66. The van der Waals surface area contributed by atoms with Gasteiger partial charge in [-0.3, -0.25) is 4.79 Å². The van der Waals surface area contributed by atoms with Gasteiger partial charge < -0.3 is 9.64 Å². The maximum atomic E-state index is 11.3. The molecule has 3 rings (SSSR count). The number of fused-ring (bicyclic) bond motifs is 1. The Labute approximate surface area is 112 Å². The molecule has 1 aliphatic heterocycles. The van der Waals surface area contributed by atoms with Gasteiger partial charge in [0.05, 0.1) is 17.7 Å². The molecule has 0 amide bonds. The van der Waals surface area contributed by atoms with Crippen LogP contribution < -0.4 is 4.90 Å². The predicted octanol–water partition coefficient (Wildman–Crippen LogP) is 2.27. The van der Waals surface area contributed by atoms with Crippen molar-refractivity contribution in [2.75, 3.05) is 31.2 Å². The first-order chi connectivity index (χ1) is 9.38. The van der Waals surface area contributed by atoms with Crippen LogP contribution in [0.4, 0.5) is 5.82 Å². The normalized spacial score (nSPS) is 16.3. The van der Waals surface area contributed by atoms with E-state index in [2.05, 4.69) is 9.88 Å². The third-order valence-electron chi connectivity index (χ3n) is 3.38. The molecule has 19 heavy (non-hydrogen) atoms. The fraction of sp³-hybridized carbons (Fsp3) is 0.333. The second kappa shape index (κ2) is 5.36. The first-order valence-corrected chi connectivity index (χ1v) is 6.56. The summed E-state index contributed by atoms with van der Waals surface area (Å²) in [6, 6.07) is 9.78. The third-order valence-corrected chi connectivity index (χ3v) is 3.38. The van der Waals surface area contributed by atoms with Gasteiger partial charge in [-0.15, -0.1) is 0 Å². The molecular formula is C15H16N2O2. The van der Waals surface area contributed by atoms with Gasteiger partial charge in [0.25, 0.3) is 0 Å². The number of pyridine rings is 1. The number of ether oxygens (including phenoxy) is 1. The summed E-state index contributed by atoms with van der Waals surface area (Å²) in [5.41, 5.74) is 1.58. The molecule has 1 fully saturated rings. The number of nitrogens with zero attached hydrogens (tertiary/aromatic N) is 2. The van der Waals surface area contributed by atoms with Crippen molar-refractivity contribution in [1.29, 1.82) is 0 Å². The smallest absolute Gasteiger partial charge is 0.153 e. The zero-order chi connectivity index (χ0) is 13.1. The molecule has 0 saturated carbocycles. The molecule has 2 heterocycles. The number of aldehydes is 1. The highest BCUT2D eigenvalue weighted by molar-refractivity contribution is 5.91. The molecule has 0 N–H and O–H groups in total. The van der Waals surface area contributed by atoms with Crippen molar-refractivity contribution in [3.63, 3.8) is 0 Å². The predicted molar refractivity (Wildman–Crippen MR) is 74.8 cm³/mol. The van der Waals surface area contributed by atoms with E-state index >= 15 is 0 Å². The van der Waals surface area contributed by atoms with Gasteiger partial charge in [0.1, 0.15) is 5.82 Å². The molecule has 1 saturated heterocycles. The van der Waals surface area contributed by atoms with Crippen LogP contribution in [-0.4, -0.2) is 37.6 Å². The van der Waals surface area contributed by atoms with Crippen molar-refractivity contribution in [2.24, 2.45) is 0 Å². The van der Waals surface area contributed by atoms with Crippen LogP contribution in [0.5, 0.6) is 0 Å². The van der Waals surface area contributed by atoms with Gasteiger partial charge in [-0.2, -0.15) is 0 Å². The number of hydrogen-bond donors (Lipinski definition) is 0. The maximum Gasteiger partial charge on any atom is 0.153 e. The number of anilines is 1. The molecule has 1 aliphatic rings. The van der Waals surface area contributed by atoms with Crippen molar-refractivity contribution < 1.29 is 9.53 Å². The Morgan fingerprint density at radius 1 is 1.21 bits per heavy atom. The van der Waals surface area contributed by atoms with Crippen LogP contribution in [0.3, 0.4) is 0 Å². The molecular weight excluding hydrogens is 240 g/mol. The van der Waals surface area contributed by atoms with Crippen LogP contribution in [0.15, 0.2) is 30.3 Å². The molecule has 98 valence electrons. The highest BCUT2D eigenvalue weighted by Crippen LogP contribution is 2.23. The van der Waals surface area contributed by atoms with Gasteiger partial charge in [0.15, 0.2) is 6.29 Å². The van der Waals surface area contributed by atoms with Crippen LogP contribution in [0.2, 0.25) is 0 Å². The fourth-order valence-electron chi connectivity index (χ4n) is 2.42. The average Bonchev–Trinajstić information content (AvgIpc) is 2.74. The summed E-state index contributed by atoms with van der Waals surface area (Å²) < 4.78 is 5.45. The Balaban J connectivity index is 2.07. The van der Waals surface area contributed by atoms with E-state index in [1.54, 1.807) is 0 Å². The Bertz CT molecular complexity index is 590. The Morgan fingerprint density at radius 2 is 2.11 bits per heavy atom. The van der Waals surface area contributed by atoms with Crippen molar-refractivity contribution in [1.82, 2.24) is 4.98 Å². The number of para-hydroxylation sites is 1. The zero-order valence-electron chi connectivity index (χ0n) is 10.7. The number of rotatable bonds is 2. The van der Waals surface area contributed by atoms with Gasteiger partial charge in [-0.25, -0.2) is 4.98 Å². The molecule has 0 spiro atoms. The molecule has 0 atom stereocenters. The number of hydrogen-bond acceptors (Lipinski definition) is 4. The molecule has 4 heteroatoms. The first kappa shape index (κ1) is 12.1. The van der Waals surface area contributed by atoms with Crippen LogP contribution in [0, 0.1) is 0 Å². The summed E-state index contributed by atoms with van der Waals surface area (Å²) >= 11 is 0. The largest absolute Gasteiger partial charge is 0.380 e. The van der Waals surface area contributed by atoms with E-state index in [4.69, 9.17) is 4.74 Å². The number of aromatic nitrogens is 1. The second-order valence-corrected chi connectivity index (χ2v) is 4.66.